The highest BCUT2D eigenvalue weighted by Crippen LogP contribution is 2.44. The molecule has 0 aliphatic heterocycles. The SMILES string of the molecule is CN(C(=O)OCC1c2ccccc2-c2ccccc21)C(CCCCn1ccnn1)C(=O)O. The summed E-state index contributed by atoms with van der Waals surface area (Å²) in [6, 6.07) is 15.2. The summed E-state index contributed by atoms with van der Waals surface area (Å²) in [6.07, 6.45) is 4.45. The second-order valence-corrected chi connectivity index (χ2v) is 7.93. The molecule has 1 aliphatic rings. The molecule has 0 saturated carbocycles. The van der Waals surface area contributed by atoms with Crippen LogP contribution in [0.1, 0.15) is 36.3 Å². The Bertz CT molecular complexity index is 1040. The molecule has 3 aromatic rings. The van der Waals surface area contributed by atoms with E-state index in [2.05, 4.69) is 22.4 Å². The molecule has 2 aromatic carbocycles. The Labute approximate surface area is 186 Å². The average Bonchev–Trinajstić information content (AvgIpc) is 3.43. The van der Waals surface area contributed by atoms with E-state index in [1.807, 2.05) is 36.4 Å². The lowest BCUT2D eigenvalue weighted by atomic mass is 9.98. The van der Waals surface area contributed by atoms with Gasteiger partial charge in [-0.05, 0) is 41.5 Å². The van der Waals surface area contributed by atoms with E-state index in [1.54, 1.807) is 17.1 Å². The number of likely N-dealkylation sites (N-methyl/N-ethyl adjacent to an activating group) is 1. The van der Waals surface area contributed by atoms with E-state index in [4.69, 9.17) is 4.74 Å². The molecule has 1 amide bonds. The van der Waals surface area contributed by atoms with Gasteiger partial charge in [-0.15, -0.1) is 5.10 Å². The minimum Gasteiger partial charge on any atom is -0.480 e. The largest absolute Gasteiger partial charge is 0.480 e. The summed E-state index contributed by atoms with van der Waals surface area (Å²) in [6.45, 7) is 0.816. The summed E-state index contributed by atoms with van der Waals surface area (Å²) < 4.78 is 7.30. The quantitative estimate of drug-likeness (QED) is 0.515. The third kappa shape index (κ3) is 4.49. The highest BCUT2D eigenvalue weighted by atomic mass is 16.6. The van der Waals surface area contributed by atoms with Crippen molar-refractivity contribution in [2.24, 2.45) is 0 Å². The van der Waals surface area contributed by atoms with Crippen LogP contribution < -0.4 is 0 Å². The molecule has 0 saturated heterocycles. The van der Waals surface area contributed by atoms with E-state index >= 15 is 0 Å². The topological polar surface area (TPSA) is 97.5 Å². The first-order chi connectivity index (χ1) is 15.6. The van der Waals surface area contributed by atoms with Crippen LogP contribution in [0, 0.1) is 0 Å². The minimum atomic E-state index is -1.04. The van der Waals surface area contributed by atoms with Crippen molar-refractivity contribution in [3.63, 3.8) is 0 Å². The van der Waals surface area contributed by atoms with Crippen molar-refractivity contribution >= 4 is 12.1 Å². The summed E-state index contributed by atoms with van der Waals surface area (Å²) in [5, 5.41) is 17.3. The zero-order valence-electron chi connectivity index (χ0n) is 17.9. The lowest BCUT2D eigenvalue weighted by Gasteiger charge is -2.25. The maximum atomic E-state index is 12.7. The number of rotatable bonds is 9. The number of benzene rings is 2. The second-order valence-electron chi connectivity index (χ2n) is 7.93. The molecule has 1 atom stereocenters. The van der Waals surface area contributed by atoms with Crippen molar-refractivity contribution < 1.29 is 19.4 Å². The van der Waals surface area contributed by atoms with Crippen LogP contribution in [0.4, 0.5) is 4.79 Å². The van der Waals surface area contributed by atoms with Crippen LogP contribution in [-0.4, -0.2) is 56.8 Å². The normalized spacial score (nSPS) is 13.3. The first-order valence-corrected chi connectivity index (χ1v) is 10.7. The monoisotopic (exact) mass is 434 g/mol. The standard InChI is InChI=1S/C24H26N4O4/c1-27(22(23(29)30)12-6-7-14-28-15-13-25-26-28)24(31)32-16-21-19-10-4-2-8-17(19)18-9-3-5-11-20(18)21/h2-5,8-11,13,15,21-22H,6-7,12,14,16H2,1H3,(H,29,30). The van der Waals surface area contributed by atoms with Crippen molar-refractivity contribution in [3.05, 3.63) is 72.1 Å². The Morgan fingerprint density at radius 3 is 2.34 bits per heavy atom. The zero-order chi connectivity index (χ0) is 22.5. The van der Waals surface area contributed by atoms with Gasteiger partial charge in [-0.3, -0.25) is 9.58 Å². The highest BCUT2D eigenvalue weighted by Gasteiger charge is 2.31. The number of fused-ring (bicyclic) bond motifs is 3. The molecule has 0 bridgehead atoms. The van der Waals surface area contributed by atoms with Gasteiger partial charge in [0.2, 0.25) is 0 Å². The van der Waals surface area contributed by atoms with Gasteiger partial charge in [-0.25, -0.2) is 9.59 Å². The summed E-state index contributed by atoms with van der Waals surface area (Å²) in [5.41, 5.74) is 4.53. The number of carboxylic acids is 1. The van der Waals surface area contributed by atoms with Crippen LogP contribution in [0.15, 0.2) is 60.9 Å². The lowest BCUT2D eigenvalue weighted by Crippen LogP contribution is -2.43. The van der Waals surface area contributed by atoms with E-state index in [-0.39, 0.29) is 12.5 Å². The fourth-order valence-corrected chi connectivity index (χ4v) is 4.27. The molecule has 32 heavy (non-hydrogen) atoms. The minimum absolute atomic E-state index is 0.0642. The predicted molar refractivity (Wildman–Crippen MR) is 118 cm³/mol. The number of carboxylic acid groups (broad SMARTS) is 1. The molecule has 0 spiro atoms. The fourth-order valence-electron chi connectivity index (χ4n) is 4.27. The third-order valence-electron chi connectivity index (χ3n) is 5.96. The molecule has 1 heterocycles. The van der Waals surface area contributed by atoms with Crippen molar-refractivity contribution in [1.29, 1.82) is 0 Å². The van der Waals surface area contributed by atoms with Crippen LogP contribution in [0.5, 0.6) is 0 Å². The average molecular weight is 434 g/mol. The summed E-state index contributed by atoms with van der Waals surface area (Å²) in [7, 11) is 1.48. The number of hydrogen-bond acceptors (Lipinski definition) is 5. The van der Waals surface area contributed by atoms with Gasteiger partial charge in [0.25, 0.3) is 0 Å². The first-order valence-electron chi connectivity index (χ1n) is 10.7. The van der Waals surface area contributed by atoms with Gasteiger partial charge in [0, 0.05) is 25.7 Å². The zero-order valence-corrected chi connectivity index (χ0v) is 17.9. The van der Waals surface area contributed by atoms with Crippen LogP contribution in [0.3, 0.4) is 0 Å². The first kappa shape index (κ1) is 21.5. The van der Waals surface area contributed by atoms with Gasteiger partial charge >= 0.3 is 12.1 Å². The summed E-state index contributed by atoms with van der Waals surface area (Å²) in [5.74, 6) is -1.10. The van der Waals surface area contributed by atoms with E-state index < -0.39 is 18.1 Å². The summed E-state index contributed by atoms with van der Waals surface area (Å²) >= 11 is 0. The van der Waals surface area contributed by atoms with Gasteiger partial charge in [0.15, 0.2) is 0 Å². The predicted octanol–water partition coefficient (Wildman–Crippen LogP) is 3.78. The smallest absolute Gasteiger partial charge is 0.410 e. The maximum absolute atomic E-state index is 12.7. The molecule has 166 valence electrons. The second kappa shape index (κ2) is 9.64. The fraction of sp³-hybridized carbons (Fsp3) is 0.333. The number of amides is 1. The van der Waals surface area contributed by atoms with Crippen LogP contribution >= 0.6 is 0 Å². The van der Waals surface area contributed by atoms with Crippen molar-refractivity contribution in [2.75, 3.05) is 13.7 Å². The van der Waals surface area contributed by atoms with Crippen molar-refractivity contribution in [2.45, 2.75) is 37.8 Å². The molecule has 1 aromatic heterocycles. The van der Waals surface area contributed by atoms with Gasteiger partial charge in [-0.2, -0.15) is 0 Å². The molecule has 1 N–H and O–H groups in total. The Balaban J connectivity index is 1.35. The number of ether oxygens (including phenoxy) is 1. The van der Waals surface area contributed by atoms with Gasteiger partial charge < -0.3 is 9.84 Å². The number of unbranched alkanes of at least 4 members (excludes halogenated alkanes) is 1. The van der Waals surface area contributed by atoms with E-state index in [0.29, 0.717) is 19.4 Å². The van der Waals surface area contributed by atoms with Gasteiger partial charge in [0.1, 0.15) is 12.6 Å². The number of aromatic nitrogens is 3. The van der Waals surface area contributed by atoms with E-state index in [9.17, 15) is 14.7 Å². The van der Waals surface area contributed by atoms with Crippen molar-refractivity contribution in [1.82, 2.24) is 19.9 Å². The lowest BCUT2D eigenvalue weighted by molar-refractivity contribution is -0.142. The number of nitrogens with zero attached hydrogens (tertiary/aromatic N) is 4. The van der Waals surface area contributed by atoms with Gasteiger partial charge in [-0.1, -0.05) is 53.7 Å². The maximum Gasteiger partial charge on any atom is 0.410 e. The number of hydrogen-bond donors (Lipinski definition) is 1. The van der Waals surface area contributed by atoms with Crippen LogP contribution in [0.2, 0.25) is 0 Å². The molecular formula is C24H26N4O4. The third-order valence-corrected chi connectivity index (χ3v) is 5.96. The van der Waals surface area contributed by atoms with Gasteiger partial charge in [0.05, 0.1) is 6.20 Å². The Hall–Kier alpha value is -3.68. The van der Waals surface area contributed by atoms with Crippen molar-refractivity contribution in [3.8, 4) is 11.1 Å². The molecular weight excluding hydrogens is 408 g/mol. The van der Waals surface area contributed by atoms with Crippen LogP contribution in [0.25, 0.3) is 11.1 Å². The molecule has 1 aliphatic carbocycles. The number of aliphatic carboxylic acids is 1. The summed E-state index contributed by atoms with van der Waals surface area (Å²) in [4.78, 5) is 25.7. The Morgan fingerprint density at radius 2 is 1.75 bits per heavy atom. The molecule has 0 radical (unpaired) electrons. The molecule has 8 heteroatoms. The van der Waals surface area contributed by atoms with E-state index in [0.717, 1.165) is 28.7 Å². The number of carbonyl (C=O) groups excluding carboxylic acids is 1. The van der Waals surface area contributed by atoms with E-state index in [1.165, 1.54) is 11.9 Å². The number of aryl methyl sites for hydroxylation is 1. The highest BCUT2D eigenvalue weighted by molar-refractivity contribution is 5.81. The molecule has 4 rings (SSSR count). The molecule has 8 nitrogen and oxygen atoms in total. The number of carbonyl (C=O) groups is 2. The van der Waals surface area contributed by atoms with Crippen LogP contribution in [-0.2, 0) is 16.1 Å². The molecule has 0 fully saturated rings. The Kier molecular flexibility index (Phi) is 6.49. The Morgan fingerprint density at radius 1 is 1.09 bits per heavy atom. The molecule has 1 unspecified atom stereocenters.